The van der Waals surface area contributed by atoms with Crippen LogP contribution in [-0.4, -0.2) is 56.3 Å². The van der Waals surface area contributed by atoms with Gasteiger partial charge in [-0.3, -0.25) is 0 Å². The number of rotatable bonds is 8. The first kappa shape index (κ1) is 25.2. The molecule has 36 heavy (non-hydrogen) atoms. The zero-order valence-corrected chi connectivity index (χ0v) is 20.4. The Morgan fingerprint density at radius 3 is 2.75 bits per heavy atom. The van der Waals surface area contributed by atoms with Crippen molar-refractivity contribution in [3.8, 4) is 11.4 Å². The lowest BCUT2D eigenvalue weighted by Crippen LogP contribution is -2.48. The van der Waals surface area contributed by atoms with Gasteiger partial charge in [-0.25, -0.2) is 13.9 Å². The Hall–Kier alpha value is -3.86. The van der Waals surface area contributed by atoms with Gasteiger partial charge in [-0.15, -0.1) is 5.10 Å². The van der Waals surface area contributed by atoms with E-state index in [1.807, 2.05) is 25.1 Å². The quantitative estimate of drug-likeness (QED) is 0.216. The van der Waals surface area contributed by atoms with Crippen LogP contribution in [-0.2, 0) is 13.5 Å². The highest BCUT2D eigenvalue weighted by Crippen LogP contribution is 2.24. The lowest BCUT2D eigenvalue weighted by atomic mass is 9.87. The minimum atomic E-state index is -0.368. The molecule has 0 saturated carbocycles. The fraction of sp³-hybridized carbons (Fsp3) is 0.400. The molecule has 2 aromatic carbocycles. The molecule has 4 N–H and O–H groups in total. The first-order chi connectivity index (χ1) is 17.5. The lowest BCUT2D eigenvalue weighted by molar-refractivity contribution is 0.235. The van der Waals surface area contributed by atoms with Gasteiger partial charge < -0.3 is 21.2 Å². The Kier molecular flexibility index (Phi) is 8.21. The number of benzene rings is 2. The highest BCUT2D eigenvalue weighted by Gasteiger charge is 2.27. The van der Waals surface area contributed by atoms with Crippen LogP contribution in [0.3, 0.4) is 0 Å². The number of amides is 2. The number of anilines is 1. The number of carbonyl (C=O) groups is 1. The molecular formula is C25H31FN8O2. The van der Waals surface area contributed by atoms with Crippen LogP contribution in [0.15, 0.2) is 47.6 Å². The van der Waals surface area contributed by atoms with Crippen molar-refractivity contribution < 1.29 is 14.4 Å². The van der Waals surface area contributed by atoms with Gasteiger partial charge in [0, 0.05) is 30.8 Å². The van der Waals surface area contributed by atoms with Crippen LogP contribution in [0.1, 0.15) is 37.3 Å². The van der Waals surface area contributed by atoms with Crippen molar-refractivity contribution in [1.29, 1.82) is 0 Å². The Bertz CT molecular complexity index is 1210. The van der Waals surface area contributed by atoms with E-state index in [9.17, 15) is 14.4 Å². The van der Waals surface area contributed by atoms with Gasteiger partial charge in [0.05, 0.1) is 5.71 Å². The maximum Gasteiger partial charge on any atom is 0.319 e. The summed E-state index contributed by atoms with van der Waals surface area (Å²) in [5, 5.41) is 34.2. The third kappa shape index (κ3) is 6.22. The van der Waals surface area contributed by atoms with Gasteiger partial charge in [0.15, 0.2) is 5.82 Å². The molecule has 3 aromatic rings. The molecule has 1 aliphatic rings. The second-order valence-electron chi connectivity index (χ2n) is 8.97. The van der Waals surface area contributed by atoms with E-state index in [2.05, 4.69) is 36.6 Å². The summed E-state index contributed by atoms with van der Waals surface area (Å²) in [4.78, 5) is 13.1. The van der Waals surface area contributed by atoms with Gasteiger partial charge in [-0.2, -0.15) is 0 Å². The highest BCUT2D eigenvalue weighted by atomic mass is 19.1. The first-order valence-electron chi connectivity index (χ1n) is 12.1. The summed E-state index contributed by atoms with van der Waals surface area (Å²) >= 11 is 0. The molecule has 190 valence electrons. The number of urea groups is 1. The number of aromatic nitrogens is 4. The number of carbonyl (C=O) groups excluding carboxylic acids is 1. The summed E-state index contributed by atoms with van der Waals surface area (Å²) < 4.78 is 15.0. The molecule has 0 spiro atoms. The number of nitrogens with one attached hydrogen (secondary N) is 3. The summed E-state index contributed by atoms with van der Waals surface area (Å²) in [6, 6.07) is 10.9. The fourth-order valence-electron chi connectivity index (χ4n) is 4.53. The molecule has 4 rings (SSSR count). The van der Waals surface area contributed by atoms with Crippen LogP contribution in [0, 0.1) is 11.7 Å². The zero-order chi connectivity index (χ0) is 25.5. The number of halogens is 1. The topological polar surface area (TPSA) is 129 Å². The SMILES string of the molecule is CCc1cc(NC(=O)NC(CC(=NO)c2ccc(F)cc2)C2CCCNC2)cc(-c2nnnn2C)c1. The molecule has 2 atom stereocenters. The Labute approximate surface area is 209 Å². The molecule has 0 bridgehead atoms. The molecule has 1 aliphatic heterocycles. The number of nitrogens with zero attached hydrogens (tertiary/aromatic N) is 5. The Balaban J connectivity index is 1.52. The monoisotopic (exact) mass is 494 g/mol. The van der Waals surface area contributed by atoms with E-state index in [4.69, 9.17) is 0 Å². The van der Waals surface area contributed by atoms with E-state index in [1.54, 1.807) is 23.9 Å². The number of piperidine rings is 1. The number of hydrogen-bond acceptors (Lipinski definition) is 7. The van der Waals surface area contributed by atoms with Gasteiger partial charge in [0.25, 0.3) is 0 Å². The maximum atomic E-state index is 13.4. The van der Waals surface area contributed by atoms with E-state index in [0.29, 0.717) is 29.2 Å². The molecule has 1 aromatic heterocycles. The van der Waals surface area contributed by atoms with E-state index < -0.39 is 0 Å². The second-order valence-corrected chi connectivity index (χ2v) is 8.97. The number of aryl methyl sites for hydroxylation is 2. The number of tetrazole rings is 1. The third-order valence-corrected chi connectivity index (χ3v) is 6.47. The van der Waals surface area contributed by atoms with E-state index in [1.165, 1.54) is 12.1 Å². The smallest absolute Gasteiger partial charge is 0.319 e. The highest BCUT2D eigenvalue weighted by molar-refractivity contribution is 6.01. The third-order valence-electron chi connectivity index (χ3n) is 6.47. The number of hydrogen-bond donors (Lipinski definition) is 4. The van der Waals surface area contributed by atoms with Crippen LogP contribution >= 0.6 is 0 Å². The van der Waals surface area contributed by atoms with Crippen LogP contribution in [0.2, 0.25) is 0 Å². The first-order valence-corrected chi connectivity index (χ1v) is 12.1. The van der Waals surface area contributed by atoms with E-state index in [-0.39, 0.29) is 23.8 Å². The van der Waals surface area contributed by atoms with Crippen LogP contribution in [0.25, 0.3) is 11.4 Å². The molecular weight excluding hydrogens is 463 g/mol. The minimum absolute atomic E-state index is 0.143. The number of oxime groups is 1. The maximum absolute atomic E-state index is 13.4. The van der Waals surface area contributed by atoms with Crippen LogP contribution in [0.4, 0.5) is 14.9 Å². The van der Waals surface area contributed by atoms with Crippen molar-refractivity contribution in [1.82, 2.24) is 30.8 Å². The largest absolute Gasteiger partial charge is 0.411 e. The summed E-state index contributed by atoms with van der Waals surface area (Å²) in [5.41, 5.74) is 3.45. The average molecular weight is 495 g/mol. The summed E-state index contributed by atoms with van der Waals surface area (Å²) in [6.07, 6.45) is 2.99. The standard InChI is InChI=1S/C25H31FN8O2/c1-3-16-11-19(24-30-32-33-34(24)2)13-21(12-16)28-25(35)29-22(18-5-4-10-27-15-18)14-23(31-36)17-6-8-20(26)9-7-17/h6-9,11-13,18,22,27,36H,3-5,10,14-15H2,1-2H3,(H2,28,29,35). The Morgan fingerprint density at radius 1 is 1.31 bits per heavy atom. The normalized spacial score (nSPS) is 17.0. The second kappa shape index (κ2) is 11.7. The molecule has 10 nitrogen and oxygen atoms in total. The predicted octanol–water partition coefficient (Wildman–Crippen LogP) is 3.34. The van der Waals surface area contributed by atoms with Gasteiger partial charge in [-0.1, -0.05) is 24.2 Å². The molecule has 1 fully saturated rings. The molecule has 11 heteroatoms. The Morgan fingerprint density at radius 2 is 2.11 bits per heavy atom. The zero-order valence-electron chi connectivity index (χ0n) is 20.4. The fourth-order valence-corrected chi connectivity index (χ4v) is 4.53. The van der Waals surface area contributed by atoms with Gasteiger partial charge in [-0.05, 0) is 90.2 Å². The molecule has 2 amide bonds. The molecule has 2 heterocycles. The summed E-state index contributed by atoms with van der Waals surface area (Å²) in [7, 11) is 1.76. The van der Waals surface area contributed by atoms with Gasteiger partial charge in [0.1, 0.15) is 5.82 Å². The van der Waals surface area contributed by atoms with Gasteiger partial charge in [0.2, 0.25) is 0 Å². The van der Waals surface area contributed by atoms with E-state index >= 15 is 0 Å². The molecule has 2 unspecified atom stereocenters. The molecule has 0 radical (unpaired) electrons. The van der Waals surface area contributed by atoms with Crippen molar-refractivity contribution in [3.63, 3.8) is 0 Å². The van der Waals surface area contributed by atoms with Gasteiger partial charge >= 0.3 is 6.03 Å². The van der Waals surface area contributed by atoms with Crippen LogP contribution < -0.4 is 16.0 Å². The van der Waals surface area contributed by atoms with Crippen molar-refractivity contribution in [2.45, 2.75) is 38.6 Å². The van der Waals surface area contributed by atoms with Crippen molar-refractivity contribution >= 4 is 17.4 Å². The predicted molar refractivity (Wildman–Crippen MR) is 134 cm³/mol. The minimum Gasteiger partial charge on any atom is -0.411 e. The van der Waals surface area contributed by atoms with E-state index in [0.717, 1.165) is 43.5 Å². The van der Waals surface area contributed by atoms with Crippen LogP contribution in [0.5, 0.6) is 0 Å². The van der Waals surface area contributed by atoms with Crippen molar-refractivity contribution in [2.75, 3.05) is 18.4 Å². The van der Waals surface area contributed by atoms with Crippen molar-refractivity contribution in [3.05, 3.63) is 59.4 Å². The average Bonchev–Trinajstić information content (AvgIpc) is 3.33. The molecule has 1 saturated heterocycles. The summed E-state index contributed by atoms with van der Waals surface area (Å²) in [5.74, 6) is 0.374. The lowest BCUT2D eigenvalue weighted by Gasteiger charge is -2.31. The van der Waals surface area contributed by atoms with Crippen molar-refractivity contribution in [2.24, 2.45) is 18.1 Å². The molecule has 0 aliphatic carbocycles. The summed E-state index contributed by atoms with van der Waals surface area (Å²) in [6.45, 7) is 3.70.